The van der Waals surface area contributed by atoms with Crippen LogP contribution in [0.5, 0.6) is 23.0 Å². The van der Waals surface area contributed by atoms with Crippen LogP contribution in [0.15, 0.2) is 103 Å². The van der Waals surface area contributed by atoms with Gasteiger partial charge in [-0.3, -0.25) is 19.2 Å². The Morgan fingerprint density at radius 3 is 1.66 bits per heavy atom. The first kappa shape index (κ1) is 78.4. The third-order valence-electron chi connectivity index (χ3n) is 18.6. The van der Waals surface area contributed by atoms with Gasteiger partial charge < -0.3 is 71.0 Å². The van der Waals surface area contributed by atoms with E-state index in [1.54, 1.807) is 92.7 Å². The number of rotatable bonds is 26. The first-order chi connectivity index (χ1) is 49.2. The lowest BCUT2D eigenvalue weighted by molar-refractivity contribution is -0.165. The van der Waals surface area contributed by atoms with Crippen molar-refractivity contribution in [1.29, 1.82) is 0 Å². The number of nitrogens with two attached hydrogens (primary N) is 4. The van der Waals surface area contributed by atoms with Gasteiger partial charge in [-0.1, -0.05) is 87.8 Å². The number of ketones is 2. The molecule has 0 saturated carbocycles. The lowest BCUT2D eigenvalue weighted by Crippen LogP contribution is -2.53. The number of halogens is 1. The number of carbonyl (C=O) groups is 6. The number of carbonyl (C=O) groups excluding carboxylic acids is 6. The highest BCUT2D eigenvalue weighted by molar-refractivity contribution is 9.08. The molecule has 5 atom stereocenters. The molecule has 0 radical (unpaired) electrons. The number of benzene rings is 3. The predicted molar refractivity (Wildman–Crippen MR) is 389 cm³/mol. The summed E-state index contributed by atoms with van der Waals surface area (Å²) in [5.74, 6) is 0.460. The van der Waals surface area contributed by atoms with Gasteiger partial charge >= 0.3 is 11.9 Å². The first-order valence-electron chi connectivity index (χ1n) is 34.2. The summed E-state index contributed by atoms with van der Waals surface area (Å²) in [6.07, 6.45) is 13.5. The van der Waals surface area contributed by atoms with Crippen molar-refractivity contribution in [2.45, 2.75) is 161 Å². The van der Waals surface area contributed by atoms with Crippen molar-refractivity contribution in [1.82, 2.24) is 49.7 Å². The van der Waals surface area contributed by atoms with E-state index in [0.29, 0.717) is 138 Å². The number of nitrogens with zero attached hydrogens (tertiary/aromatic N) is 10. The predicted octanol–water partition coefficient (Wildman–Crippen LogP) is 10.5. The van der Waals surface area contributed by atoms with Crippen LogP contribution >= 0.6 is 15.9 Å². The molecule has 9 N–H and O–H groups in total. The van der Waals surface area contributed by atoms with Crippen LogP contribution in [-0.2, 0) is 66.1 Å². The number of esters is 2. The number of phenolic OH excluding ortho intramolecular Hbond substituents is 1. The van der Waals surface area contributed by atoms with E-state index >= 15 is 0 Å². The summed E-state index contributed by atoms with van der Waals surface area (Å²) in [5.41, 5.74) is 26.1. The standard InChI is InChI=1S/C37H45N7O7.C30H41NO7.C7H7BrN6/c1-6-37(2,3)31(45)34(46)44-17-8-7-12-26(44)35(47)51-27(15-13-22-14-16-28(48-4)29(18-22)49-5)23-10-9-11-25(19-23)50-21-24-20-40-33-30(41-24)32(38)42-36(39)43-33;1-6-30(2,3)27(33)28(34)31-17-8-7-12-23(31)29(35)38-24(21-10-9-11-22(32)19-21)15-13-20-14-16-25(36-4)26(18-20)37-5;8-1-3-2-11-6-4(12-3)5(9)13-7(10)14-6/h9-11,14,16,18-20,26-27H,6-8,12-13,15,17,21H2,1-5H3,(H4,38,39,40,42,43);9-11,16,18-20,23-24,32H,6-8,12-15,17H2,1-5H3;2H,1H2,(H4,9,10,11,13,14)/t;20-,23?,24?;/m.1./s1. The summed E-state index contributed by atoms with van der Waals surface area (Å²) in [7, 11) is 6.35. The van der Waals surface area contributed by atoms with Crippen LogP contribution < -0.4 is 37.1 Å². The zero-order chi connectivity index (χ0) is 74.7. The van der Waals surface area contributed by atoms with E-state index in [-0.39, 0.29) is 47.5 Å². The van der Waals surface area contributed by atoms with Gasteiger partial charge in [0.05, 0.1) is 52.2 Å². The Labute approximate surface area is 607 Å². The Morgan fingerprint density at radius 2 is 1.14 bits per heavy atom. The quantitative estimate of drug-likeness (QED) is 0.0191. The van der Waals surface area contributed by atoms with E-state index in [9.17, 15) is 33.9 Å². The summed E-state index contributed by atoms with van der Waals surface area (Å²) < 4.78 is 40.1. The number of allylic oxidation sites excluding steroid dienone is 2. The zero-order valence-corrected chi connectivity index (χ0v) is 61.6. The number of hydrogen-bond donors (Lipinski definition) is 5. The van der Waals surface area contributed by atoms with E-state index in [1.165, 1.54) is 16.0 Å². The molecule has 10 rings (SSSR count). The monoisotopic (exact) mass is 1480 g/mol. The van der Waals surface area contributed by atoms with E-state index in [4.69, 9.17) is 56.1 Å². The second-order valence-corrected chi connectivity index (χ2v) is 27.0. The van der Waals surface area contributed by atoms with Crippen LogP contribution in [0.2, 0.25) is 0 Å². The molecular formula is C74H93BrN14O14. The number of anilines is 4. The molecule has 29 heteroatoms. The van der Waals surface area contributed by atoms with Crippen molar-refractivity contribution >= 4 is 97.1 Å². The molecule has 2 amide bonds. The maximum absolute atomic E-state index is 13.9. The number of piperidine rings is 2. The average molecular weight is 1480 g/mol. The van der Waals surface area contributed by atoms with Gasteiger partial charge in [-0.2, -0.15) is 19.9 Å². The summed E-state index contributed by atoms with van der Waals surface area (Å²) in [6.45, 7) is 11.5. The number of hydrogen-bond acceptors (Lipinski definition) is 26. The van der Waals surface area contributed by atoms with Crippen molar-refractivity contribution < 1.29 is 67.0 Å². The molecule has 4 unspecified atom stereocenters. The summed E-state index contributed by atoms with van der Waals surface area (Å²) in [5, 5.41) is 10.7. The first-order valence-corrected chi connectivity index (χ1v) is 35.4. The fourth-order valence-corrected chi connectivity index (χ4v) is 12.1. The molecule has 3 aromatic carbocycles. The molecule has 550 valence electrons. The van der Waals surface area contributed by atoms with E-state index < -0.39 is 70.4 Å². The van der Waals surface area contributed by atoms with Crippen molar-refractivity contribution in [3.05, 3.63) is 131 Å². The second-order valence-electron chi connectivity index (χ2n) is 26.4. The fraction of sp³-hybridized carbons (Fsp3) is 0.459. The molecule has 6 heterocycles. The maximum Gasteiger partial charge on any atom is 0.329 e. The highest BCUT2D eigenvalue weighted by Crippen LogP contribution is 2.37. The Bertz CT molecular complexity index is 4250. The second kappa shape index (κ2) is 36.0. The van der Waals surface area contributed by atoms with Crippen molar-refractivity contribution in [2.75, 3.05) is 64.5 Å². The van der Waals surface area contributed by atoms with E-state index in [2.05, 4.69) is 55.8 Å². The number of phenols is 1. The van der Waals surface area contributed by atoms with Crippen LogP contribution in [-0.4, -0.2) is 144 Å². The lowest BCUT2D eigenvalue weighted by Gasteiger charge is -2.36. The van der Waals surface area contributed by atoms with Crippen molar-refractivity contribution in [3.63, 3.8) is 0 Å². The van der Waals surface area contributed by atoms with E-state index in [0.717, 1.165) is 36.9 Å². The van der Waals surface area contributed by atoms with Crippen LogP contribution in [0.1, 0.15) is 159 Å². The van der Waals surface area contributed by atoms with Crippen molar-refractivity contribution in [3.8, 4) is 23.0 Å². The Morgan fingerprint density at radius 1 is 0.612 bits per heavy atom. The smallest absolute Gasteiger partial charge is 0.329 e. The fourth-order valence-electron chi connectivity index (χ4n) is 11.8. The summed E-state index contributed by atoms with van der Waals surface area (Å²) in [4.78, 5) is 116. The molecular weight excluding hydrogens is 1390 g/mol. The number of fused-ring (bicyclic) bond motifs is 2. The third-order valence-corrected chi connectivity index (χ3v) is 19.2. The number of Topliss-reactive ketones (excluding diaryl/α,β-unsaturated/α-hetero) is 2. The summed E-state index contributed by atoms with van der Waals surface area (Å²) >= 11 is 3.27. The molecule has 4 aromatic heterocycles. The number of amides is 2. The topological polar surface area (TPSA) is 401 Å². The van der Waals surface area contributed by atoms with Gasteiger partial charge in [-0.15, -0.1) is 0 Å². The van der Waals surface area contributed by atoms with Gasteiger partial charge in [0.2, 0.25) is 23.5 Å². The van der Waals surface area contributed by atoms with Gasteiger partial charge in [-0.25, -0.2) is 29.5 Å². The molecule has 2 aliphatic heterocycles. The molecule has 0 spiro atoms. The number of nitrogen functional groups attached to an aromatic ring is 4. The molecule has 2 saturated heterocycles. The van der Waals surface area contributed by atoms with Crippen LogP contribution in [0, 0.1) is 16.7 Å². The Hall–Kier alpha value is -10.3. The zero-order valence-electron chi connectivity index (χ0n) is 60.0. The third kappa shape index (κ3) is 20.3. The highest BCUT2D eigenvalue weighted by atomic mass is 79.9. The number of methoxy groups -OCH3 is 4. The number of alkyl halides is 1. The SMILES string of the molecule is CCC(C)(C)C(=O)C(=O)N1CCCCC1C(=O)OC(CC[C@H]1C=C(OC)C(OC)=CC1)c1cccc(O)c1.CCC(C)(C)C(=O)C(=O)N1CCCCC1C(=O)OC(CCc1ccc(OC)c(OC)c1)c1cccc(OCc2cnc3nc(N)nc(N)c3n2)c1.Nc1nc(N)c2nc(CBr)cnc2n1. The lowest BCUT2D eigenvalue weighted by atomic mass is 9.84. The van der Waals surface area contributed by atoms with Crippen molar-refractivity contribution in [2.24, 2.45) is 16.7 Å². The molecule has 7 aromatic rings. The van der Waals surface area contributed by atoms with E-state index in [1.807, 2.05) is 62.4 Å². The number of likely N-dealkylation sites (tertiary alicyclic amines) is 2. The normalized spacial score (nSPS) is 16.6. The molecule has 2 fully saturated rings. The Kier molecular flexibility index (Phi) is 27.4. The van der Waals surface area contributed by atoms with Crippen LogP contribution in [0.25, 0.3) is 22.3 Å². The van der Waals surface area contributed by atoms with Crippen LogP contribution in [0.3, 0.4) is 0 Å². The highest BCUT2D eigenvalue weighted by Gasteiger charge is 2.43. The molecule has 28 nitrogen and oxygen atoms in total. The van der Waals surface area contributed by atoms with Crippen LogP contribution in [0.4, 0.5) is 23.5 Å². The maximum atomic E-state index is 13.9. The minimum absolute atomic E-state index is 0.00761. The van der Waals surface area contributed by atoms with Gasteiger partial charge in [0.15, 0.2) is 57.0 Å². The average Bonchev–Trinajstić information content (AvgIpc) is 0.818. The largest absolute Gasteiger partial charge is 0.508 e. The molecule has 3 aliphatic rings. The number of aromatic nitrogens is 8. The molecule has 103 heavy (non-hydrogen) atoms. The van der Waals surface area contributed by atoms with Gasteiger partial charge in [0.1, 0.15) is 42.4 Å². The van der Waals surface area contributed by atoms with Gasteiger partial charge in [0.25, 0.3) is 11.8 Å². The minimum atomic E-state index is -0.871. The number of aromatic hydroxyl groups is 1. The summed E-state index contributed by atoms with van der Waals surface area (Å²) in [6, 6.07) is 17.9. The number of ether oxygens (including phenoxy) is 7. The Balaban J connectivity index is 0.000000225. The van der Waals surface area contributed by atoms with Gasteiger partial charge in [-0.05, 0) is 155 Å². The minimum Gasteiger partial charge on any atom is -0.508 e. The molecule has 0 bridgehead atoms. The number of aryl methyl sites for hydroxylation is 1. The van der Waals surface area contributed by atoms with Gasteiger partial charge in [0, 0.05) is 29.2 Å². The molecule has 1 aliphatic carbocycles.